The van der Waals surface area contributed by atoms with Crippen LogP contribution < -0.4 is 5.32 Å². The van der Waals surface area contributed by atoms with Gasteiger partial charge in [-0.25, -0.2) is 4.79 Å². The summed E-state index contributed by atoms with van der Waals surface area (Å²) >= 11 is 11.7. The van der Waals surface area contributed by atoms with Gasteiger partial charge in [0.1, 0.15) is 0 Å². The first kappa shape index (κ1) is 15.1. The van der Waals surface area contributed by atoms with Crippen molar-refractivity contribution in [2.75, 3.05) is 18.4 Å². The van der Waals surface area contributed by atoms with Crippen molar-refractivity contribution in [2.45, 2.75) is 18.9 Å². The number of anilines is 1. The first-order valence-corrected chi connectivity index (χ1v) is 7.57. The van der Waals surface area contributed by atoms with E-state index in [1.807, 2.05) is 0 Å². The topological polar surface area (TPSA) is 69.7 Å². The molecule has 2 heterocycles. The highest BCUT2D eigenvalue weighted by atomic mass is 35.5. The minimum Gasteiger partial charge on any atom is -0.320 e. The molecule has 1 aromatic carbocycles. The maximum Gasteiger partial charge on any atom is 0.321 e. The number of carbonyl (C=O) groups is 3. The summed E-state index contributed by atoms with van der Waals surface area (Å²) in [6.07, 6.45) is 0.537. The Morgan fingerprint density at radius 1 is 1.09 bits per heavy atom. The smallest absolute Gasteiger partial charge is 0.320 e. The molecule has 2 saturated heterocycles. The normalized spacial score (nSPS) is 18.6. The fraction of sp³-hybridized carbons (Fsp3) is 0.357. The molecule has 6 nitrogen and oxygen atoms in total. The number of amides is 4. The molecule has 2 fully saturated rings. The van der Waals surface area contributed by atoms with Gasteiger partial charge in [0.2, 0.25) is 11.8 Å². The summed E-state index contributed by atoms with van der Waals surface area (Å²) in [6, 6.07) is 4.31. The van der Waals surface area contributed by atoms with Crippen molar-refractivity contribution in [3.8, 4) is 0 Å². The molecule has 1 N–H and O–H groups in total. The van der Waals surface area contributed by atoms with Crippen molar-refractivity contribution in [3.05, 3.63) is 28.2 Å². The van der Waals surface area contributed by atoms with E-state index in [0.29, 0.717) is 28.8 Å². The van der Waals surface area contributed by atoms with Crippen molar-refractivity contribution >= 4 is 46.7 Å². The van der Waals surface area contributed by atoms with Crippen LogP contribution in [-0.4, -0.2) is 46.8 Å². The Hall–Kier alpha value is -1.79. The number of rotatable bonds is 2. The van der Waals surface area contributed by atoms with Crippen LogP contribution >= 0.6 is 23.2 Å². The van der Waals surface area contributed by atoms with Gasteiger partial charge < -0.3 is 10.2 Å². The van der Waals surface area contributed by atoms with E-state index in [-0.39, 0.29) is 36.7 Å². The molecule has 0 saturated carbocycles. The lowest BCUT2D eigenvalue weighted by Gasteiger charge is -2.42. The van der Waals surface area contributed by atoms with Crippen LogP contribution in [0.4, 0.5) is 10.5 Å². The number of urea groups is 1. The molecule has 0 radical (unpaired) electrons. The van der Waals surface area contributed by atoms with Crippen LogP contribution in [-0.2, 0) is 9.59 Å². The number of hydrogen-bond donors (Lipinski definition) is 1. The summed E-state index contributed by atoms with van der Waals surface area (Å²) in [5.74, 6) is -0.306. The molecule has 0 spiro atoms. The summed E-state index contributed by atoms with van der Waals surface area (Å²) in [5.41, 5.74) is 0.538. The minimum atomic E-state index is -0.297. The van der Waals surface area contributed by atoms with Crippen LogP contribution in [0.25, 0.3) is 0 Å². The summed E-state index contributed by atoms with van der Waals surface area (Å²) < 4.78 is 0. The Balaban J connectivity index is 1.56. The highest BCUT2D eigenvalue weighted by molar-refractivity contribution is 6.42. The predicted molar refractivity (Wildman–Crippen MR) is 81.9 cm³/mol. The second kappa shape index (κ2) is 5.78. The Kier molecular flexibility index (Phi) is 3.97. The van der Waals surface area contributed by atoms with Crippen LogP contribution in [0, 0.1) is 0 Å². The quantitative estimate of drug-likeness (QED) is 0.839. The molecular weight excluding hydrogens is 329 g/mol. The van der Waals surface area contributed by atoms with Gasteiger partial charge in [-0.15, -0.1) is 0 Å². The summed E-state index contributed by atoms with van der Waals surface area (Å²) in [4.78, 5) is 38.1. The molecule has 116 valence electrons. The van der Waals surface area contributed by atoms with E-state index in [0.717, 1.165) is 0 Å². The average Bonchev–Trinajstić information content (AvgIpc) is 2.73. The molecule has 0 atom stereocenters. The molecule has 0 aliphatic carbocycles. The summed E-state index contributed by atoms with van der Waals surface area (Å²) in [5, 5.41) is 3.47. The van der Waals surface area contributed by atoms with Crippen LogP contribution in [0.2, 0.25) is 10.0 Å². The molecular formula is C14H13Cl2N3O3. The van der Waals surface area contributed by atoms with E-state index in [9.17, 15) is 14.4 Å². The zero-order valence-corrected chi connectivity index (χ0v) is 13.0. The van der Waals surface area contributed by atoms with Gasteiger partial charge in [0.15, 0.2) is 0 Å². The monoisotopic (exact) mass is 341 g/mol. The van der Waals surface area contributed by atoms with E-state index in [2.05, 4.69) is 5.32 Å². The van der Waals surface area contributed by atoms with Gasteiger partial charge in [-0.1, -0.05) is 23.2 Å². The van der Waals surface area contributed by atoms with Crippen LogP contribution in [0.15, 0.2) is 18.2 Å². The molecule has 4 amide bonds. The van der Waals surface area contributed by atoms with Crippen molar-refractivity contribution in [3.63, 3.8) is 0 Å². The largest absolute Gasteiger partial charge is 0.321 e. The van der Waals surface area contributed by atoms with Crippen LogP contribution in [0.3, 0.4) is 0 Å². The SMILES string of the molecule is O=C(Nc1ccc(Cl)c(Cl)c1)N1CC(N2C(=O)CCC2=O)C1. The van der Waals surface area contributed by atoms with E-state index in [1.54, 1.807) is 18.2 Å². The molecule has 0 bridgehead atoms. The lowest BCUT2D eigenvalue weighted by molar-refractivity contribution is -0.144. The van der Waals surface area contributed by atoms with Gasteiger partial charge in [-0.05, 0) is 18.2 Å². The number of carbonyl (C=O) groups excluding carboxylic acids is 3. The van der Waals surface area contributed by atoms with Crippen molar-refractivity contribution in [1.29, 1.82) is 0 Å². The van der Waals surface area contributed by atoms with Gasteiger partial charge in [-0.2, -0.15) is 0 Å². The molecule has 1 aromatic rings. The molecule has 22 heavy (non-hydrogen) atoms. The first-order valence-electron chi connectivity index (χ1n) is 6.81. The molecule has 2 aliphatic rings. The fourth-order valence-corrected chi connectivity index (χ4v) is 2.86. The number of imide groups is 1. The lowest BCUT2D eigenvalue weighted by atomic mass is 10.1. The number of halogens is 2. The third-order valence-electron chi connectivity index (χ3n) is 3.78. The maximum atomic E-state index is 12.1. The molecule has 3 rings (SSSR count). The number of nitrogens with one attached hydrogen (secondary N) is 1. The van der Waals surface area contributed by atoms with Gasteiger partial charge in [0, 0.05) is 31.6 Å². The summed E-state index contributed by atoms with van der Waals surface area (Å²) in [7, 11) is 0. The zero-order valence-electron chi connectivity index (χ0n) is 11.5. The standard InChI is InChI=1S/C14H13Cl2N3O3/c15-10-2-1-8(5-11(10)16)17-14(22)18-6-9(7-18)19-12(20)3-4-13(19)21/h1-2,5,9H,3-4,6-7H2,(H,17,22). The highest BCUT2D eigenvalue weighted by Crippen LogP contribution is 2.26. The second-order valence-electron chi connectivity index (χ2n) is 5.28. The van der Waals surface area contributed by atoms with E-state index in [4.69, 9.17) is 23.2 Å². The Bertz CT molecular complexity index is 643. The number of benzene rings is 1. The summed E-state index contributed by atoms with van der Waals surface area (Å²) in [6.45, 7) is 0.704. The molecule has 8 heteroatoms. The third kappa shape index (κ3) is 2.76. The minimum absolute atomic E-state index is 0.153. The van der Waals surface area contributed by atoms with Crippen molar-refractivity contribution < 1.29 is 14.4 Å². The molecule has 0 unspecified atom stereocenters. The molecule has 2 aliphatic heterocycles. The Morgan fingerprint density at radius 3 is 2.32 bits per heavy atom. The molecule has 0 aromatic heterocycles. The van der Waals surface area contributed by atoms with Crippen molar-refractivity contribution in [2.24, 2.45) is 0 Å². The van der Waals surface area contributed by atoms with Crippen molar-refractivity contribution in [1.82, 2.24) is 9.80 Å². The number of nitrogens with zero attached hydrogens (tertiary/aromatic N) is 2. The van der Waals surface area contributed by atoms with Crippen LogP contribution in [0.1, 0.15) is 12.8 Å². The fourth-order valence-electron chi connectivity index (χ4n) is 2.56. The van der Waals surface area contributed by atoms with E-state index < -0.39 is 0 Å². The number of hydrogen-bond acceptors (Lipinski definition) is 3. The Labute approximate surface area is 136 Å². The van der Waals surface area contributed by atoms with E-state index in [1.165, 1.54) is 9.80 Å². The maximum absolute atomic E-state index is 12.1. The van der Waals surface area contributed by atoms with Gasteiger partial charge in [0.05, 0.1) is 16.1 Å². The van der Waals surface area contributed by atoms with Crippen LogP contribution in [0.5, 0.6) is 0 Å². The average molecular weight is 342 g/mol. The highest BCUT2D eigenvalue weighted by Gasteiger charge is 2.42. The zero-order chi connectivity index (χ0) is 15.9. The van der Waals surface area contributed by atoms with E-state index >= 15 is 0 Å². The lowest BCUT2D eigenvalue weighted by Crippen LogP contribution is -2.63. The van der Waals surface area contributed by atoms with Gasteiger partial charge in [0.25, 0.3) is 0 Å². The third-order valence-corrected chi connectivity index (χ3v) is 4.51. The second-order valence-corrected chi connectivity index (χ2v) is 6.09. The Morgan fingerprint density at radius 2 is 1.73 bits per heavy atom. The first-order chi connectivity index (χ1) is 10.5. The number of likely N-dealkylation sites (tertiary alicyclic amines) is 2. The van der Waals surface area contributed by atoms with Gasteiger partial charge in [-0.3, -0.25) is 14.5 Å². The predicted octanol–water partition coefficient (Wildman–Crippen LogP) is 2.36. The van der Waals surface area contributed by atoms with Gasteiger partial charge >= 0.3 is 6.03 Å².